The lowest BCUT2D eigenvalue weighted by Crippen LogP contribution is -2.48. The molecular weight excluding hydrogens is 464 g/mol. The van der Waals surface area contributed by atoms with E-state index in [-0.39, 0.29) is 5.91 Å². The molecule has 0 bridgehead atoms. The number of hydrogen-bond acceptors (Lipinski definition) is 5. The van der Waals surface area contributed by atoms with E-state index in [1.807, 2.05) is 30.3 Å². The van der Waals surface area contributed by atoms with Gasteiger partial charge in [0.15, 0.2) is 0 Å². The molecule has 0 spiro atoms. The summed E-state index contributed by atoms with van der Waals surface area (Å²) < 4.78 is 28.4. The number of pyridine rings is 1. The van der Waals surface area contributed by atoms with Gasteiger partial charge in [-0.2, -0.15) is 15.5 Å². The number of halogens is 2. The summed E-state index contributed by atoms with van der Waals surface area (Å²) in [6, 6.07) is 12.1. The van der Waals surface area contributed by atoms with Crippen molar-refractivity contribution in [3.05, 3.63) is 73.3 Å². The second kappa shape index (κ2) is 9.62. The van der Waals surface area contributed by atoms with Crippen LogP contribution in [-0.4, -0.2) is 62.8 Å². The Hall–Kier alpha value is -4.52. The topological polar surface area (TPSA) is 82.5 Å². The molecule has 36 heavy (non-hydrogen) atoms. The van der Waals surface area contributed by atoms with Crippen LogP contribution in [0.15, 0.2) is 67.8 Å². The maximum absolute atomic E-state index is 12.8. The Labute approximate surface area is 206 Å². The molecule has 182 valence electrons. The Morgan fingerprint density at radius 1 is 1.06 bits per heavy atom. The van der Waals surface area contributed by atoms with Crippen LogP contribution in [0.3, 0.4) is 0 Å². The fourth-order valence-corrected chi connectivity index (χ4v) is 4.50. The Balaban J connectivity index is 1.47. The van der Waals surface area contributed by atoms with E-state index in [1.165, 1.54) is 17.0 Å². The molecule has 1 aliphatic rings. The van der Waals surface area contributed by atoms with Crippen molar-refractivity contribution in [3.63, 3.8) is 0 Å². The summed E-state index contributed by atoms with van der Waals surface area (Å²) in [5.74, 6) is -0.0530. The lowest BCUT2D eigenvalue weighted by atomic mass is 9.99. The van der Waals surface area contributed by atoms with Gasteiger partial charge in [-0.15, -0.1) is 0 Å². The molecule has 1 saturated heterocycles. The average molecular weight is 488 g/mol. The molecule has 0 unspecified atom stereocenters. The number of anilines is 1. The van der Waals surface area contributed by atoms with Crippen LogP contribution in [0.25, 0.3) is 27.8 Å². The number of carbonyl (C=O) groups is 1. The molecule has 0 saturated carbocycles. The molecule has 1 amide bonds. The number of fused-ring (bicyclic) bond motifs is 1. The number of nitriles is 1. The first-order chi connectivity index (χ1) is 17.5. The van der Waals surface area contributed by atoms with Crippen molar-refractivity contribution in [2.75, 3.05) is 31.1 Å². The predicted molar refractivity (Wildman–Crippen MR) is 132 cm³/mol. The molecule has 0 N–H and O–H groups in total. The lowest BCUT2D eigenvalue weighted by molar-refractivity contribution is -0.126. The van der Waals surface area contributed by atoms with Crippen LogP contribution < -0.4 is 4.90 Å². The zero-order valence-corrected chi connectivity index (χ0v) is 19.4. The standard InChI is InChI=1S/C26H23F2N7O/c1-2-25(36)33-9-7-32(8-10-33)22-5-3-18(4-6-22)23-11-19(16-35-26(23)20(12-29)13-31-35)21-14-30-34(15-21)17-24(27)28/h2-6,11,13-16,24H,1,7-10,17H2. The van der Waals surface area contributed by atoms with Crippen LogP contribution in [0.5, 0.6) is 0 Å². The third-order valence-corrected chi connectivity index (χ3v) is 6.33. The second-order valence-electron chi connectivity index (χ2n) is 8.51. The number of hydrogen-bond donors (Lipinski definition) is 0. The Bertz CT molecular complexity index is 1460. The van der Waals surface area contributed by atoms with Crippen LogP contribution in [0, 0.1) is 11.3 Å². The minimum absolute atomic E-state index is 0.0530. The summed E-state index contributed by atoms with van der Waals surface area (Å²) in [6.45, 7) is 5.79. The molecule has 0 aliphatic carbocycles. The quantitative estimate of drug-likeness (QED) is 0.386. The van der Waals surface area contributed by atoms with E-state index in [9.17, 15) is 18.8 Å². The zero-order chi connectivity index (χ0) is 25.2. The van der Waals surface area contributed by atoms with Crippen LogP contribution in [0.4, 0.5) is 14.5 Å². The number of rotatable bonds is 6. The van der Waals surface area contributed by atoms with Crippen molar-refractivity contribution in [1.29, 1.82) is 5.26 Å². The Kier molecular flexibility index (Phi) is 6.21. The first-order valence-electron chi connectivity index (χ1n) is 11.5. The van der Waals surface area contributed by atoms with Crippen molar-refractivity contribution >= 4 is 17.1 Å². The second-order valence-corrected chi connectivity index (χ2v) is 8.51. The summed E-state index contributed by atoms with van der Waals surface area (Å²) in [5.41, 5.74) is 5.27. The van der Waals surface area contributed by atoms with Gasteiger partial charge < -0.3 is 9.80 Å². The summed E-state index contributed by atoms with van der Waals surface area (Å²) in [7, 11) is 0. The molecule has 1 fully saturated rings. The molecule has 4 heterocycles. The maximum Gasteiger partial charge on any atom is 0.257 e. The van der Waals surface area contributed by atoms with Crippen molar-refractivity contribution < 1.29 is 13.6 Å². The van der Waals surface area contributed by atoms with E-state index in [4.69, 9.17) is 0 Å². The van der Waals surface area contributed by atoms with Crippen molar-refractivity contribution in [2.45, 2.75) is 13.0 Å². The Morgan fingerprint density at radius 2 is 1.81 bits per heavy atom. The molecule has 10 heteroatoms. The summed E-state index contributed by atoms with van der Waals surface area (Å²) in [4.78, 5) is 15.9. The summed E-state index contributed by atoms with van der Waals surface area (Å²) >= 11 is 0. The van der Waals surface area contributed by atoms with Gasteiger partial charge in [0.1, 0.15) is 12.6 Å². The Morgan fingerprint density at radius 3 is 2.47 bits per heavy atom. The normalized spacial score (nSPS) is 13.8. The van der Waals surface area contributed by atoms with Gasteiger partial charge in [0, 0.05) is 61.0 Å². The molecule has 8 nitrogen and oxygen atoms in total. The minimum Gasteiger partial charge on any atom is -0.368 e. The van der Waals surface area contributed by atoms with Gasteiger partial charge in [0.2, 0.25) is 5.91 Å². The first kappa shape index (κ1) is 23.2. The SMILES string of the molecule is C=CC(=O)N1CCN(c2ccc(-c3cc(-c4cnn(CC(F)F)c4)cn4ncc(C#N)c34)cc2)CC1. The molecular formula is C26H23F2N7O. The molecule has 0 radical (unpaired) electrons. The maximum atomic E-state index is 12.8. The molecule has 0 atom stereocenters. The van der Waals surface area contributed by atoms with E-state index < -0.39 is 13.0 Å². The molecule has 3 aromatic heterocycles. The van der Waals surface area contributed by atoms with Crippen molar-refractivity contribution in [2.24, 2.45) is 0 Å². The molecule has 4 aromatic rings. The largest absolute Gasteiger partial charge is 0.368 e. The fraction of sp³-hybridized carbons (Fsp3) is 0.231. The van der Waals surface area contributed by atoms with Crippen molar-refractivity contribution in [3.8, 4) is 28.3 Å². The van der Waals surface area contributed by atoms with Crippen LogP contribution in [-0.2, 0) is 11.3 Å². The van der Waals surface area contributed by atoms with Crippen molar-refractivity contribution in [1.82, 2.24) is 24.3 Å². The van der Waals surface area contributed by atoms with E-state index in [0.717, 1.165) is 35.5 Å². The van der Waals surface area contributed by atoms with E-state index in [0.29, 0.717) is 29.7 Å². The number of amides is 1. The molecule has 5 rings (SSSR count). The monoisotopic (exact) mass is 487 g/mol. The van der Waals surface area contributed by atoms with Gasteiger partial charge in [-0.3, -0.25) is 9.48 Å². The zero-order valence-electron chi connectivity index (χ0n) is 19.4. The number of aromatic nitrogens is 4. The molecule has 1 aromatic carbocycles. The highest BCUT2D eigenvalue weighted by atomic mass is 19.3. The average Bonchev–Trinajstić information content (AvgIpc) is 3.54. The highest BCUT2D eigenvalue weighted by Gasteiger charge is 2.20. The lowest BCUT2D eigenvalue weighted by Gasteiger charge is -2.35. The van der Waals surface area contributed by atoms with E-state index in [2.05, 4.69) is 27.7 Å². The number of carbonyl (C=O) groups excluding carboxylic acids is 1. The van der Waals surface area contributed by atoms with E-state index >= 15 is 0 Å². The summed E-state index contributed by atoms with van der Waals surface area (Å²) in [5, 5.41) is 18.0. The number of alkyl halides is 2. The fourth-order valence-electron chi connectivity index (χ4n) is 4.50. The smallest absolute Gasteiger partial charge is 0.257 e. The van der Waals surface area contributed by atoms with Crippen LogP contribution >= 0.6 is 0 Å². The minimum atomic E-state index is -2.50. The number of piperazine rings is 1. The van der Waals surface area contributed by atoms with Gasteiger partial charge in [-0.1, -0.05) is 18.7 Å². The highest BCUT2D eigenvalue weighted by Crippen LogP contribution is 2.33. The van der Waals surface area contributed by atoms with Gasteiger partial charge in [0.05, 0.1) is 23.5 Å². The number of nitrogens with zero attached hydrogens (tertiary/aromatic N) is 7. The molecule has 1 aliphatic heterocycles. The van der Waals surface area contributed by atoms with Gasteiger partial charge in [-0.25, -0.2) is 13.3 Å². The first-order valence-corrected chi connectivity index (χ1v) is 11.5. The van der Waals surface area contributed by atoms with Crippen LogP contribution in [0.2, 0.25) is 0 Å². The summed E-state index contributed by atoms with van der Waals surface area (Å²) in [6.07, 6.45) is 5.25. The third kappa shape index (κ3) is 4.43. The highest BCUT2D eigenvalue weighted by molar-refractivity contribution is 5.88. The van der Waals surface area contributed by atoms with E-state index in [1.54, 1.807) is 28.0 Å². The predicted octanol–water partition coefficient (Wildman–Crippen LogP) is 3.84. The third-order valence-electron chi connectivity index (χ3n) is 6.33. The van der Waals surface area contributed by atoms with Crippen LogP contribution in [0.1, 0.15) is 5.56 Å². The van der Waals surface area contributed by atoms with Gasteiger partial charge >= 0.3 is 0 Å². The van der Waals surface area contributed by atoms with Gasteiger partial charge in [0.25, 0.3) is 6.43 Å². The number of benzene rings is 1. The van der Waals surface area contributed by atoms with Gasteiger partial charge in [-0.05, 0) is 29.8 Å².